The molecule has 1 heterocycles. The number of aryl methyl sites for hydroxylation is 1. The lowest BCUT2D eigenvalue weighted by Gasteiger charge is -2.08. The Morgan fingerprint density at radius 3 is 2.53 bits per heavy atom. The van der Waals surface area contributed by atoms with Gasteiger partial charge in [0, 0.05) is 16.1 Å². The van der Waals surface area contributed by atoms with E-state index < -0.39 is 0 Å². The quantitative estimate of drug-likeness (QED) is 0.873. The minimum atomic E-state index is -0.152. The van der Waals surface area contributed by atoms with Crippen molar-refractivity contribution in [2.45, 2.75) is 13.0 Å². The first-order chi connectivity index (χ1) is 7.16. The van der Waals surface area contributed by atoms with Crippen LogP contribution in [0.25, 0.3) is 0 Å². The summed E-state index contributed by atoms with van der Waals surface area (Å²) in [4.78, 5) is 4.37. The highest BCUT2D eigenvalue weighted by atomic mass is 35.5. The van der Waals surface area contributed by atoms with Gasteiger partial charge in [0.15, 0.2) is 0 Å². The molecule has 0 spiro atoms. The highest BCUT2D eigenvalue weighted by molar-refractivity contribution is 7.09. The molecule has 1 atom stereocenters. The third-order valence-electron chi connectivity index (χ3n) is 2.13. The van der Waals surface area contributed by atoms with Gasteiger partial charge in [-0.25, -0.2) is 4.98 Å². The van der Waals surface area contributed by atoms with Crippen LogP contribution in [0.4, 0.5) is 0 Å². The van der Waals surface area contributed by atoms with Crippen molar-refractivity contribution in [2.24, 2.45) is 5.73 Å². The molecule has 78 valence electrons. The average Bonchev–Trinajstić information content (AvgIpc) is 2.65. The highest BCUT2D eigenvalue weighted by Gasteiger charge is 2.11. The van der Waals surface area contributed by atoms with Crippen LogP contribution in [-0.4, -0.2) is 4.98 Å². The summed E-state index contributed by atoms with van der Waals surface area (Å²) in [7, 11) is 0. The number of rotatable bonds is 2. The molecule has 15 heavy (non-hydrogen) atoms. The second-order valence-electron chi connectivity index (χ2n) is 3.36. The molecule has 0 radical (unpaired) electrons. The van der Waals surface area contributed by atoms with Gasteiger partial charge in [-0.15, -0.1) is 11.3 Å². The molecule has 1 aromatic heterocycles. The van der Waals surface area contributed by atoms with Crippen LogP contribution in [-0.2, 0) is 0 Å². The molecule has 2 N–H and O–H groups in total. The van der Waals surface area contributed by atoms with E-state index in [2.05, 4.69) is 4.98 Å². The molecule has 4 heteroatoms. The van der Waals surface area contributed by atoms with Crippen molar-refractivity contribution in [1.29, 1.82) is 0 Å². The largest absolute Gasteiger partial charge is 0.318 e. The first kappa shape index (κ1) is 10.6. The summed E-state index contributed by atoms with van der Waals surface area (Å²) < 4.78 is 0. The fraction of sp³-hybridized carbons (Fsp3) is 0.182. The zero-order valence-corrected chi connectivity index (χ0v) is 9.85. The van der Waals surface area contributed by atoms with Crippen LogP contribution in [0.5, 0.6) is 0 Å². The summed E-state index contributed by atoms with van der Waals surface area (Å²) in [5.74, 6) is 0. The van der Waals surface area contributed by atoms with E-state index in [1.165, 1.54) is 0 Å². The first-order valence-corrected chi connectivity index (χ1v) is 5.85. The second kappa shape index (κ2) is 4.31. The van der Waals surface area contributed by atoms with E-state index in [-0.39, 0.29) is 6.04 Å². The fourth-order valence-corrected chi connectivity index (χ4v) is 2.28. The molecule has 2 aromatic rings. The number of halogens is 1. The SMILES string of the molecule is Cc1csc(C(N)c2ccc(Cl)cc2)n1. The van der Waals surface area contributed by atoms with Gasteiger partial charge in [-0.3, -0.25) is 0 Å². The van der Waals surface area contributed by atoms with Crippen molar-refractivity contribution in [3.05, 3.63) is 50.9 Å². The standard InChI is InChI=1S/C11H11ClN2S/c1-7-6-15-11(14-7)10(13)8-2-4-9(12)5-3-8/h2-6,10H,13H2,1H3. The number of thiazole rings is 1. The minimum Gasteiger partial charge on any atom is -0.318 e. The molecule has 1 aromatic carbocycles. The van der Waals surface area contributed by atoms with Gasteiger partial charge in [0.05, 0.1) is 6.04 Å². The first-order valence-electron chi connectivity index (χ1n) is 4.60. The van der Waals surface area contributed by atoms with Gasteiger partial charge in [-0.2, -0.15) is 0 Å². The van der Waals surface area contributed by atoms with Crippen LogP contribution in [0.2, 0.25) is 5.02 Å². The molecule has 0 fully saturated rings. The lowest BCUT2D eigenvalue weighted by molar-refractivity contribution is 0.852. The Morgan fingerprint density at radius 2 is 2.00 bits per heavy atom. The van der Waals surface area contributed by atoms with Crippen LogP contribution >= 0.6 is 22.9 Å². The molecule has 0 bridgehead atoms. The summed E-state index contributed by atoms with van der Waals surface area (Å²) in [6, 6.07) is 7.41. The third kappa shape index (κ3) is 2.37. The maximum Gasteiger partial charge on any atom is 0.114 e. The van der Waals surface area contributed by atoms with E-state index >= 15 is 0 Å². The molecule has 2 nitrogen and oxygen atoms in total. The molecular formula is C11H11ClN2S. The Bertz CT molecular complexity index is 450. The molecule has 0 aliphatic heterocycles. The van der Waals surface area contributed by atoms with E-state index in [0.717, 1.165) is 21.3 Å². The van der Waals surface area contributed by atoms with Crippen LogP contribution in [0, 0.1) is 6.92 Å². The van der Waals surface area contributed by atoms with E-state index in [1.807, 2.05) is 36.6 Å². The van der Waals surface area contributed by atoms with Crippen molar-refractivity contribution in [2.75, 3.05) is 0 Å². The minimum absolute atomic E-state index is 0.152. The third-order valence-corrected chi connectivity index (χ3v) is 3.43. The molecule has 0 amide bonds. The number of hydrogen-bond donors (Lipinski definition) is 1. The average molecular weight is 239 g/mol. The smallest absolute Gasteiger partial charge is 0.114 e. The zero-order chi connectivity index (χ0) is 10.8. The van der Waals surface area contributed by atoms with Crippen LogP contribution in [0.15, 0.2) is 29.6 Å². The summed E-state index contributed by atoms with van der Waals surface area (Å²) in [6.07, 6.45) is 0. The van der Waals surface area contributed by atoms with Crippen LogP contribution in [0.1, 0.15) is 22.3 Å². The Labute approximate surface area is 97.7 Å². The van der Waals surface area contributed by atoms with Gasteiger partial charge in [0.1, 0.15) is 5.01 Å². The zero-order valence-electron chi connectivity index (χ0n) is 8.27. The second-order valence-corrected chi connectivity index (χ2v) is 4.68. The topological polar surface area (TPSA) is 38.9 Å². The van der Waals surface area contributed by atoms with Gasteiger partial charge in [0.25, 0.3) is 0 Å². The van der Waals surface area contributed by atoms with Crippen molar-refractivity contribution >= 4 is 22.9 Å². The molecule has 0 aliphatic carbocycles. The van der Waals surface area contributed by atoms with E-state index in [4.69, 9.17) is 17.3 Å². The number of nitrogens with zero attached hydrogens (tertiary/aromatic N) is 1. The van der Waals surface area contributed by atoms with E-state index in [9.17, 15) is 0 Å². The number of benzene rings is 1. The van der Waals surface area contributed by atoms with Gasteiger partial charge in [-0.1, -0.05) is 23.7 Å². The molecular weight excluding hydrogens is 228 g/mol. The van der Waals surface area contributed by atoms with Crippen molar-refractivity contribution in [1.82, 2.24) is 4.98 Å². The predicted octanol–water partition coefficient (Wildman–Crippen LogP) is 3.15. The Kier molecular flexibility index (Phi) is 3.05. The maximum atomic E-state index is 6.08. The molecule has 0 saturated heterocycles. The number of nitrogens with two attached hydrogens (primary N) is 1. The predicted molar refractivity (Wildman–Crippen MR) is 64.3 cm³/mol. The Balaban J connectivity index is 2.28. The summed E-state index contributed by atoms with van der Waals surface area (Å²) >= 11 is 7.40. The van der Waals surface area contributed by atoms with Crippen molar-refractivity contribution < 1.29 is 0 Å². The van der Waals surface area contributed by atoms with Gasteiger partial charge >= 0.3 is 0 Å². The van der Waals surface area contributed by atoms with Crippen LogP contribution in [0.3, 0.4) is 0 Å². The van der Waals surface area contributed by atoms with E-state index in [1.54, 1.807) is 11.3 Å². The maximum absolute atomic E-state index is 6.08. The fourth-order valence-electron chi connectivity index (χ4n) is 1.33. The van der Waals surface area contributed by atoms with E-state index in [0.29, 0.717) is 0 Å². The Hall–Kier alpha value is -0.900. The monoisotopic (exact) mass is 238 g/mol. The van der Waals surface area contributed by atoms with Crippen molar-refractivity contribution in [3.63, 3.8) is 0 Å². The van der Waals surface area contributed by atoms with Gasteiger partial charge in [0.2, 0.25) is 0 Å². The Morgan fingerprint density at radius 1 is 1.33 bits per heavy atom. The molecule has 1 unspecified atom stereocenters. The normalized spacial score (nSPS) is 12.7. The number of hydrogen-bond acceptors (Lipinski definition) is 3. The number of aromatic nitrogens is 1. The molecule has 2 rings (SSSR count). The van der Waals surface area contributed by atoms with Gasteiger partial charge < -0.3 is 5.73 Å². The van der Waals surface area contributed by atoms with Crippen LogP contribution < -0.4 is 5.73 Å². The molecule has 0 aliphatic rings. The lowest BCUT2D eigenvalue weighted by atomic mass is 10.1. The van der Waals surface area contributed by atoms with Crippen molar-refractivity contribution in [3.8, 4) is 0 Å². The van der Waals surface area contributed by atoms with Gasteiger partial charge in [-0.05, 0) is 24.6 Å². The lowest BCUT2D eigenvalue weighted by Crippen LogP contribution is -2.11. The summed E-state index contributed by atoms with van der Waals surface area (Å²) in [5.41, 5.74) is 8.13. The molecule has 0 saturated carbocycles. The highest BCUT2D eigenvalue weighted by Crippen LogP contribution is 2.23. The summed E-state index contributed by atoms with van der Waals surface area (Å²) in [5, 5.41) is 3.67. The summed E-state index contributed by atoms with van der Waals surface area (Å²) in [6.45, 7) is 1.97.